The number of nitrogens with one attached hydrogen (secondary N) is 1. The number of ether oxygens (including phenoxy) is 1. The van der Waals surface area contributed by atoms with Crippen molar-refractivity contribution in [2.24, 2.45) is 0 Å². The quantitative estimate of drug-likeness (QED) is 0.644. The maximum Gasteiger partial charge on any atom is 0.417 e. The second kappa shape index (κ2) is 8.37. The van der Waals surface area contributed by atoms with Crippen molar-refractivity contribution in [3.05, 3.63) is 52.1 Å². The van der Waals surface area contributed by atoms with Crippen molar-refractivity contribution < 1.29 is 22.7 Å². The highest BCUT2D eigenvalue weighted by molar-refractivity contribution is 6.33. The Labute approximate surface area is 186 Å². The van der Waals surface area contributed by atoms with Crippen molar-refractivity contribution in [1.29, 1.82) is 0 Å². The van der Waals surface area contributed by atoms with Crippen LogP contribution in [0.2, 0.25) is 10.0 Å². The number of rotatable bonds is 2. The lowest BCUT2D eigenvalue weighted by atomic mass is 9.99. The second-order valence-electron chi connectivity index (χ2n) is 7.40. The van der Waals surface area contributed by atoms with Crippen LogP contribution in [0.4, 0.5) is 29.5 Å². The summed E-state index contributed by atoms with van der Waals surface area (Å²) in [6.07, 6.45) is -2.78. The maximum atomic E-state index is 12.9. The van der Waals surface area contributed by atoms with Gasteiger partial charge in [-0.05, 0) is 30.3 Å². The van der Waals surface area contributed by atoms with E-state index in [2.05, 4.69) is 10.3 Å². The Hall–Kier alpha value is -2.23. The van der Waals surface area contributed by atoms with Gasteiger partial charge in [0.25, 0.3) is 0 Å². The van der Waals surface area contributed by atoms with Gasteiger partial charge in [0, 0.05) is 49.4 Å². The van der Waals surface area contributed by atoms with Crippen molar-refractivity contribution in [1.82, 2.24) is 9.88 Å². The Morgan fingerprint density at radius 2 is 1.81 bits per heavy atom. The molecule has 3 heterocycles. The first-order chi connectivity index (χ1) is 14.7. The van der Waals surface area contributed by atoms with E-state index in [1.807, 2.05) is 4.90 Å². The summed E-state index contributed by atoms with van der Waals surface area (Å²) in [5, 5.41) is 3.36. The number of carbonyl (C=O) groups excluding carboxylic acids is 1. The summed E-state index contributed by atoms with van der Waals surface area (Å²) >= 11 is 12.0. The molecule has 2 fully saturated rings. The van der Waals surface area contributed by atoms with Gasteiger partial charge in [-0.3, -0.25) is 4.90 Å². The SMILES string of the molecule is O=C(Nc1ccc(Cl)cc1)N1CCOC12CCN(c1ncc(C(F)(F)F)cc1Cl)CC2. The van der Waals surface area contributed by atoms with Gasteiger partial charge >= 0.3 is 12.2 Å². The Morgan fingerprint density at radius 3 is 2.42 bits per heavy atom. The lowest BCUT2D eigenvalue weighted by Crippen LogP contribution is -2.56. The zero-order valence-electron chi connectivity index (χ0n) is 16.3. The van der Waals surface area contributed by atoms with Crippen LogP contribution in [0.5, 0.6) is 0 Å². The third-order valence-electron chi connectivity index (χ3n) is 5.51. The number of benzene rings is 1. The fourth-order valence-electron chi connectivity index (χ4n) is 3.92. The highest BCUT2D eigenvalue weighted by atomic mass is 35.5. The fourth-order valence-corrected chi connectivity index (χ4v) is 4.33. The van der Waals surface area contributed by atoms with Gasteiger partial charge in [0.15, 0.2) is 0 Å². The normalized spacial score (nSPS) is 18.5. The summed E-state index contributed by atoms with van der Waals surface area (Å²) in [6.45, 7) is 1.72. The third-order valence-corrected chi connectivity index (χ3v) is 6.04. The predicted molar refractivity (Wildman–Crippen MR) is 112 cm³/mol. The molecule has 0 unspecified atom stereocenters. The molecule has 11 heteroatoms. The number of hydrogen-bond donors (Lipinski definition) is 1. The number of piperidine rings is 1. The van der Waals surface area contributed by atoms with Gasteiger partial charge in [-0.25, -0.2) is 9.78 Å². The number of pyridine rings is 1. The van der Waals surface area contributed by atoms with Crippen molar-refractivity contribution in [2.45, 2.75) is 24.7 Å². The first-order valence-corrected chi connectivity index (χ1v) is 10.4. The van der Waals surface area contributed by atoms with E-state index < -0.39 is 17.5 Å². The topological polar surface area (TPSA) is 57.7 Å². The largest absolute Gasteiger partial charge is 0.417 e. The molecule has 166 valence electrons. The smallest absolute Gasteiger partial charge is 0.355 e. The highest BCUT2D eigenvalue weighted by Crippen LogP contribution is 2.38. The number of aromatic nitrogens is 1. The molecule has 6 nitrogen and oxygen atoms in total. The molecule has 2 aliphatic rings. The molecule has 0 saturated carbocycles. The van der Waals surface area contributed by atoms with E-state index in [0.29, 0.717) is 55.6 Å². The van der Waals surface area contributed by atoms with Crippen LogP contribution in [0.15, 0.2) is 36.5 Å². The van der Waals surface area contributed by atoms with Crippen LogP contribution in [0.3, 0.4) is 0 Å². The molecule has 2 amide bonds. The lowest BCUT2D eigenvalue weighted by Gasteiger charge is -2.43. The molecule has 2 aliphatic heterocycles. The van der Waals surface area contributed by atoms with Crippen molar-refractivity contribution in [2.75, 3.05) is 36.5 Å². The van der Waals surface area contributed by atoms with Crippen LogP contribution in [0.25, 0.3) is 0 Å². The first kappa shape index (κ1) is 22.0. The number of anilines is 2. The Balaban J connectivity index is 1.44. The van der Waals surface area contributed by atoms with Crippen LogP contribution in [0.1, 0.15) is 18.4 Å². The number of hydrogen-bond acceptors (Lipinski definition) is 4. The Kier molecular flexibility index (Phi) is 5.93. The molecule has 31 heavy (non-hydrogen) atoms. The minimum Gasteiger partial charge on any atom is -0.355 e. The number of alkyl halides is 3. The molecule has 4 rings (SSSR count). The van der Waals surface area contributed by atoms with Gasteiger partial charge in [-0.1, -0.05) is 23.2 Å². The van der Waals surface area contributed by atoms with Crippen LogP contribution < -0.4 is 10.2 Å². The Bertz CT molecular complexity index is 964. The van der Waals surface area contributed by atoms with Crippen LogP contribution in [-0.2, 0) is 10.9 Å². The number of carbonyl (C=O) groups is 1. The summed E-state index contributed by atoms with van der Waals surface area (Å²) in [5.74, 6) is 0.291. The molecule has 2 aromatic rings. The van der Waals surface area contributed by atoms with Crippen LogP contribution >= 0.6 is 23.2 Å². The molecule has 1 aromatic carbocycles. The van der Waals surface area contributed by atoms with E-state index in [4.69, 9.17) is 27.9 Å². The van der Waals surface area contributed by atoms with Crippen LogP contribution in [0, 0.1) is 0 Å². The van der Waals surface area contributed by atoms with Crippen molar-refractivity contribution >= 4 is 40.7 Å². The van der Waals surface area contributed by atoms with Crippen molar-refractivity contribution in [3.63, 3.8) is 0 Å². The van der Waals surface area contributed by atoms with Gasteiger partial charge in [0.05, 0.1) is 17.2 Å². The molecule has 1 spiro atoms. The van der Waals surface area contributed by atoms with E-state index in [-0.39, 0.29) is 11.1 Å². The summed E-state index contributed by atoms with van der Waals surface area (Å²) in [4.78, 5) is 20.3. The van der Waals surface area contributed by atoms with Gasteiger partial charge in [0.2, 0.25) is 0 Å². The molecule has 1 N–H and O–H groups in total. The number of urea groups is 1. The molecular formula is C20H19Cl2F3N4O2. The molecule has 0 aliphatic carbocycles. The van der Waals surface area contributed by atoms with Gasteiger partial charge in [0.1, 0.15) is 11.5 Å². The zero-order valence-corrected chi connectivity index (χ0v) is 17.8. The average Bonchev–Trinajstić information content (AvgIpc) is 3.13. The average molecular weight is 475 g/mol. The minimum absolute atomic E-state index is 0.0598. The first-order valence-electron chi connectivity index (χ1n) is 9.64. The summed E-state index contributed by atoms with van der Waals surface area (Å²) in [7, 11) is 0. The minimum atomic E-state index is -4.50. The van der Waals surface area contributed by atoms with E-state index in [9.17, 15) is 18.0 Å². The second-order valence-corrected chi connectivity index (χ2v) is 8.24. The standard InChI is InChI=1S/C20H19Cl2F3N4O2/c21-14-1-3-15(4-2-14)27-18(30)29-9-10-31-19(29)5-7-28(8-6-19)17-16(22)11-13(12-26-17)20(23,24)25/h1-4,11-12H,5-10H2,(H,27,30). The highest BCUT2D eigenvalue weighted by Gasteiger charge is 2.47. The van der Waals surface area contributed by atoms with Crippen LogP contribution in [-0.4, -0.2) is 47.9 Å². The van der Waals surface area contributed by atoms with E-state index >= 15 is 0 Å². The van der Waals surface area contributed by atoms with Gasteiger partial charge in [-0.15, -0.1) is 0 Å². The number of nitrogens with zero attached hydrogens (tertiary/aromatic N) is 3. The maximum absolute atomic E-state index is 12.9. The monoisotopic (exact) mass is 474 g/mol. The summed E-state index contributed by atoms with van der Waals surface area (Å²) in [5.41, 5.74) is -1.04. The molecule has 0 radical (unpaired) electrons. The molecule has 0 atom stereocenters. The zero-order chi connectivity index (χ0) is 22.2. The molecule has 0 bridgehead atoms. The van der Waals surface area contributed by atoms with E-state index in [0.717, 1.165) is 12.3 Å². The third kappa shape index (κ3) is 4.53. The lowest BCUT2D eigenvalue weighted by molar-refractivity contribution is -0.137. The van der Waals surface area contributed by atoms with E-state index in [1.165, 1.54) is 0 Å². The predicted octanol–water partition coefficient (Wildman–Crippen LogP) is 5.27. The number of amides is 2. The van der Waals surface area contributed by atoms with Crippen molar-refractivity contribution in [3.8, 4) is 0 Å². The summed E-state index contributed by atoms with van der Waals surface area (Å²) in [6, 6.07) is 7.40. The fraction of sp³-hybridized carbons (Fsp3) is 0.400. The Morgan fingerprint density at radius 1 is 1.13 bits per heavy atom. The van der Waals surface area contributed by atoms with Gasteiger partial charge < -0.3 is 15.0 Å². The summed E-state index contributed by atoms with van der Waals surface area (Å²) < 4.78 is 44.5. The molecule has 1 aromatic heterocycles. The molecule has 2 saturated heterocycles. The van der Waals surface area contributed by atoms with Gasteiger partial charge in [-0.2, -0.15) is 13.2 Å². The van der Waals surface area contributed by atoms with E-state index in [1.54, 1.807) is 29.2 Å². The number of halogens is 5. The molecular weight excluding hydrogens is 456 g/mol.